The van der Waals surface area contributed by atoms with E-state index in [1.807, 2.05) is 30.2 Å². The molecule has 0 saturated carbocycles. The topological polar surface area (TPSA) is 38.7 Å². The minimum Gasteiger partial charge on any atom is -0.542 e. The minimum absolute atomic E-state index is 0.281. The van der Waals surface area contributed by atoms with Crippen molar-refractivity contribution in [3.63, 3.8) is 0 Å². The van der Waals surface area contributed by atoms with Crippen molar-refractivity contribution in [1.29, 1.82) is 0 Å². The second kappa shape index (κ2) is 3.74. The van der Waals surface area contributed by atoms with Crippen molar-refractivity contribution in [3.8, 4) is 0 Å². The predicted octanol–water partition coefficient (Wildman–Crippen LogP) is 0.995. The zero-order chi connectivity index (χ0) is 11.8. The molecule has 0 radical (unpaired) electrons. The number of hydrogen-bond acceptors (Lipinski definition) is 3. The second-order valence-electron chi connectivity index (χ2n) is 4.62. The fourth-order valence-electron chi connectivity index (χ4n) is 1.54. The largest absolute Gasteiger partial charge is 0.542 e. The van der Waals surface area contributed by atoms with Crippen molar-refractivity contribution in [2.24, 2.45) is 4.99 Å². The normalized spacial score (nSPS) is 14.2. The summed E-state index contributed by atoms with van der Waals surface area (Å²) in [6.07, 6.45) is 0. The maximum absolute atomic E-state index is 10.8. The number of para-hydroxylation sites is 1. The summed E-state index contributed by atoms with van der Waals surface area (Å²) >= 11 is 0. The average molecular weight is 231 g/mol. The van der Waals surface area contributed by atoms with Crippen molar-refractivity contribution >= 4 is 20.0 Å². The van der Waals surface area contributed by atoms with Gasteiger partial charge in [0.25, 0.3) is 0 Å². The molecule has 1 aromatic rings. The van der Waals surface area contributed by atoms with Gasteiger partial charge >= 0.3 is 0 Å². The number of carbonyl (C=O) groups excluding carboxylic acids is 1. The van der Waals surface area contributed by atoms with E-state index in [2.05, 4.69) is 24.6 Å². The van der Waals surface area contributed by atoms with Crippen LogP contribution in [0.15, 0.2) is 35.0 Å². The molecule has 3 nitrogen and oxygen atoms in total. The first-order valence-corrected chi connectivity index (χ1v) is 8.55. The van der Waals surface area contributed by atoms with Crippen molar-refractivity contribution in [2.75, 3.05) is 0 Å². The fraction of sp³-hybridized carbons (Fsp3) is 0.250. The van der Waals surface area contributed by atoms with Gasteiger partial charge in [-0.15, -0.1) is 0 Å². The molecule has 1 aliphatic heterocycles. The van der Waals surface area contributed by atoms with E-state index >= 15 is 0 Å². The summed E-state index contributed by atoms with van der Waals surface area (Å²) in [6.45, 7) is 6.22. The molecule has 0 unspecified atom stereocenters. The highest BCUT2D eigenvalue weighted by Gasteiger charge is 2.23. The van der Waals surface area contributed by atoms with Crippen LogP contribution in [-0.2, 0) is 9.22 Å². The molecule has 1 aromatic carbocycles. The highest BCUT2D eigenvalue weighted by Crippen LogP contribution is 2.18. The molecule has 4 heteroatoms. The zero-order valence-corrected chi connectivity index (χ0v) is 10.6. The van der Waals surface area contributed by atoms with E-state index < -0.39 is 8.32 Å². The summed E-state index contributed by atoms with van der Waals surface area (Å²) in [5, 5.41) is 1.68. The number of rotatable bonds is 2. The van der Waals surface area contributed by atoms with Gasteiger partial charge in [0.05, 0.1) is 5.36 Å². The zero-order valence-electron chi connectivity index (χ0n) is 9.57. The molecule has 16 heavy (non-hydrogen) atoms. The first kappa shape index (κ1) is 10.9. The van der Waals surface area contributed by atoms with Crippen LogP contribution in [-0.4, -0.2) is 14.3 Å². The van der Waals surface area contributed by atoms with Gasteiger partial charge in [-0.1, -0.05) is 12.1 Å². The van der Waals surface area contributed by atoms with Crippen LogP contribution in [0.5, 0.6) is 0 Å². The second-order valence-corrected chi connectivity index (χ2v) is 9.05. The van der Waals surface area contributed by atoms with Crippen LogP contribution in [0.2, 0.25) is 19.6 Å². The molecule has 0 spiro atoms. The van der Waals surface area contributed by atoms with Gasteiger partial charge in [0, 0.05) is 5.22 Å². The van der Waals surface area contributed by atoms with Gasteiger partial charge in [0.15, 0.2) is 17.4 Å². The molecule has 0 atom stereocenters. The summed E-state index contributed by atoms with van der Waals surface area (Å²) in [5.41, 5.74) is 0.281. The van der Waals surface area contributed by atoms with E-state index in [-0.39, 0.29) is 5.70 Å². The molecular formula is C12H13NO2Si. The quantitative estimate of drug-likeness (QED) is 0.562. The summed E-state index contributed by atoms with van der Waals surface area (Å²) in [5.74, 6) is 2.43. The molecule has 1 aliphatic rings. The lowest BCUT2D eigenvalue weighted by Gasteiger charge is -2.19. The van der Waals surface area contributed by atoms with Gasteiger partial charge in [-0.3, -0.25) is 0 Å². The van der Waals surface area contributed by atoms with Crippen LogP contribution in [0, 0.1) is 0 Å². The molecule has 0 bridgehead atoms. The Hall–Kier alpha value is -1.64. The first-order valence-electron chi connectivity index (χ1n) is 5.14. The Balaban J connectivity index is 2.67. The molecule has 2 rings (SSSR count). The van der Waals surface area contributed by atoms with Crippen LogP contribution in [0.1, 0.15) is 0 Å². The molecule has 0 aromatic heterocycles. The molecule has 1 heterocycles. The lowest BCUT2D eigenvalue weighted by Crippen LogP contribution is -2.29. The van der Waals surface area contributed by atoms with Crippen molar-refractivity contribution in [3.05, 3.63) is 40.5 Å². The van der Waals surface area contributed by atoms with Gasteiger partial charge in [-0.2, -0.15) is 0 Å². The SMILES string of the molecule is C[Si](C)(C)OC1=c2ccccc2=NC1=C=O. The van der Waals surface area contributed by atoms with Crippen LogP contribution in [0.25, 0.3) is 5.76 Å². The summed E-state index contributed by atoms with van der Waals surface area (Å²) < 4.78 is 5.89. The van der Waals surface area contributed by atoms with Crippen LogP contribution in [0.3, 0.4) is 0 Å². The maximum atomic E-state index is 10.8. The number of benzene rings is 1. The monoisotopic (exact) mass is 231 g/mol. The average Bonchev–Trinajstić information content (AvgIpc) is 2.55. The van der Waals surface area contributed by atoms with E-state index in [1.165, 1.54) is 0 Å². The van der Waals surface area contributed by atoms with Crippen LogP contribution >= 0.6 is 0 Å². The van der Waals surface area contributed by atoms with E-state index in [0.717, 1.165) is 10.6 Å². The Bertz CT molecular complexity index is 592. The van der Waals surface area contributed by atoms with E-state index in [4.69, 9.17) is 4.43 Å². The highest BCUT2D eigenvalue weighted by atomic mass is 28.4. The van der Waals surface area contributed by atoms with Gasteiger partial charge < -0.3 is 4.43 Å². The summed E-state index contributed by atoms with van der Waals surface area (Å²) in [7, 11) is -1.75. The first-order chi connectivity index (χ1) is 7.51. The molecule has 82 valence electrons. The Morgan fingerprint density at radius 2 is 1.94 bits per heavy atom. The summed E-state index contributed by atoms with van der Waals surface area (Å²) in [6, 6.07) is 7.59. The highest BCUT2D eigenvalue weighted by molar-refractivity contribution is 6.70. The molecule has 0 saturated heterocycles. The molecular weight excluding hydrogens is 218 g/mol. The standard InChI is InChI=1S/C12H13NO2Si/c1-16(2,3)15-12-9-6-4-5-7-10(9)13-11(12)8-14/h4-7H,1-3H3. The third-order valence-electron chi connectivity index (χ3n) is 2.10. The Morgan fingerprint density at radius 1 is 1.25 bits per heavy atom. The molecule has 0 N–H and O–H groups in total. The number of fused-ring (bicyclic) bond motifs is 1. The van der Waals surface area contributed by atoms with Gasteiger partial charge in [0.2, 0.25) is 8.32 Å². The predicted molar refractivity (Wildman–Crippen MR) is 64.3 cm³/mol. The number of hydrogen-bond donors (Lipinski definition) is 0. The lowest BCUT2D eigenvalue weighted by molar-refractivity contribution is 0.508. The molecule has 0 aliphatic carbocycles. The van der Waals surface area contributed by atoms with Gasteiger partial charge in [-0.25, -0.2) is 9.79 Å². The van der Waals surface area contributed by atoms with Gasteiger partial charge in [-0.05, 0) is 31.8 Å². The molecule has 0 fully saturated rings. The fourth-order valence-corrected chi connectivity index (χ4v) is 2.36. The Morgan fingerprint density at radius 3 is 2.56 bits per heavy atom. The Kier molecular flexibility index (Phi) is 2.54. The lowest BCUT2D eigenvalue weighted by atomic mass is 10.2. The van der Waals surface area contributed by atoms with Gasteiger partial charge in [0.1, 0.15) is 0 Å². The minimum atomic E-state index is -1.75. The molecule has 0 amide bonds. The van der Waals surface area contributed by atoms with E-state index in [0.29, 0.717) is 5.76 Å². The van der Waals surface area contributed by atoms with E-state index in [9.17, 15) is 4.79 Å². The van der Waals surface area contributed by atoms with Crippen LogP contribution in [0.4, 0.5) is 0 Å². The third-order valence-corrected chi connectivity index (χ3v) is 2.92. The van der Waals surface area contributed by atoms with Crippen molar-refractivity contribution < 1.29 is 9.22 Å². The van der Waals surface area contributed by atoms with Crippen molar-refractivity contribution in [2.45, 2.75) is 19.6 Å². The maximum Gasteiger partial charge on any atom is 0.242 e. The number of nitrogens with zero attached hydrogens (tertiary/aromatic N) is 1. The van der Waals surface area contributed by atoms with Crippen molar-refractivity contribution in [1.82, 2.24) is 0 Å². The van der Waals surface area contributed by atoms with E-state index in [1.54, 1.807) is 0 Å². The third kappa shape index (κ3) is 1.98. The van der Waals surface area contributed by atoms with Crippen LogP contribution < -0.4 is 10.6 Å². The smallest absolute Gasteiger partial charge is 0.242 e. The summed E-state index contributed by atoms with van der Waals surface area (Å²) in [4.78, 5) is 15.0. The Labute approximate surface area is 94.9 Å².